The van der Waals surface area contributed by atoms with E-state index in [-0.39, 0.29) is 5.57 Å². The third-order valence-corrected chi connectivity index (χ3v) is 4.06. The molecule has 3 rings (SSSR count). The van der Waals surface area contributed by atoms with Crippen molar-refractivity contribution in [3.8, 4) is 5.75 Å². The lowest BCUT2D eigenvalue weighted by molar-refractivity contribution is -0.130. The summed E-state index contributed by atoms with van der Waals surface area (Å²) in [5.41, 5.74) is 2.67. The van der Waals surface area contributed by atoms with Gasteiger partial charge in [0.25, 0.3) is 0 Å². The first-order chi connectivity index (χ1) is 12.6. The van der Waals surface area contributed by atoms with Gasteiger partial charge in [-0.15, -0.1) is 0 Å². The van der Waals surface area contributed by atoms with Crippen LogP contribution in [0.3, 0.4) is 0 Å². The highest BCUT2D eigenvalue weighted by Crippen LogP contribution is 2.22. The van der Waals surface area contributed by atoms with Crippen LogP contribution >= 0.6 is 11.6 Å². The minimum absolute atomic E-state index is 0.237. The van der Waals surface area contributed by atoms with Crippen molar-refractivity contribution in [2.75, 3.05) is 0 Å². The summed E-state index contributed by atoms with van der Waals surface area (Å²) in [6.45, 7) is 0.412. The van der Waals surface area contributed by atoms with E-state index in [1.807, 2.05) is 66.7 Å². The van der Waals surface area contributed by atoms with E-state index in [4.69, 9.17) is 16.3 Å². The van der Waals surface area contributed by atoms with E-state index in [9.17, 15) is 9.90 Å². The van der Waals surface area contributed by atoms with Crippen molar-refractivity contribution in [1.82, 2.24) is 0 Å². The molecule has 0 saturated carbocycles. The van der Waals surface area contributed by atoms with Crippen molar-refractivity contribution in [2.24, 2.45) is 0 Å². The Morgan fingerprint density at radius 2 is 1.69 bits per heavy atom. The molecule has 3 nitrogen and oxygen atoms in total. The predicted molar refractivity (Wildman–Crippen MR) is 104 cm³/mol. The molecular weight excluding hydrogens is 348 g/mol. The van der Waals surface area contributed by atoms with Crippen LogP contribution in [0.5, 0.6) is 5.75 Å². The molecule has 0 aliphatic carbocycles. The van der Waals surface area contributed by atoms with Gasteiger partial charge in [-0.1, -0.05) is 66.2 Å². The van der Waals surface area contributed by atoms with Gasteiger partial charge in [-0.05, 0) is 47.0 Å². The molecule has 0 bridgehead atoms. The molecule has 0 aromatic heterocycles. The smallest absolute Gasteiger partial charge is 0.336 e. The van der Waals surface area contributed by atoms with Gasteiger partial charge in [0.05, 0.1) is 5.57 Å². The molecule has 26 heavy (non-hydrogen) atoms. The van der Waals surface area contributed by atoms with Crippen LogP contribution in [-0.2, 0) is 11.4 Å². The van der Waals surface area contributed by atoms with Crippen LogP contribution in [0.25, 0.3) is 11.6 Å². The van der Waals surface area contributed by atoms with Crippen LogP contribution in [0.2, 0.25) is 5.02 Å². The number of ether oxygens (including phenoxy) is 1. The topological polar surface area (TPSA) is 46.5 Å². The van der Waals surface area contributed by atoms with Crippen LogP contribution in [0.1, 0.15) is 16.7 Å². The van der Waals surface area contributed by atoms with Crippen molar-refractivity contribution in [3.05, 3.63) is 101 Å². The maximum atomic E-state index is 11.6. The second-order valence-corrected chi connectivity index (χ2v) is 6.15. The summed E-state index contributed by atoms with van der Waals surface area (Å²) in [4.78, 5) is 11.6. The molecule has 0 amide bonds. The van der Waals surface area contributed by atoms with Crippen molar-refractivity contribution in [1.29, 1.82) is 0 Å². The number of hydrogen-bond acceptors (Lipinski definition) is 2. The van der Waals surface area contributed by atoms with E-state index in [1.165, 1.54) is 0 Å². The molecule has 130 valence electrons. The number of hydrogen-bond donors (Lipinski definition) is 1. The van der Waals surface area contributed by atoms with Crippen molar-refractivity contribution >= 4 is 29.2 Å². The fourth-order valence-electron chi connectivity index (χ4n) is 2.49. The van der Waals surface area contributed by atoms with E-state index in [2.05, 4.69) is 0 Å². The zero-order valence-electron chi connectivity index (χ0n) is 13.9. The largest absolute Gasteiger partial charge is 0.489 e. The van der Waals surface area contributed by atoms with Gasteiger partial charge in [-0.25, -0.2) is 4.79 Å². The Morgan fingerprint density at radius 1 is 0.962 bits per heavy atom. The summed E-state index contributed by atoms with van der Waals surface area (Å²) in [6, 6.07) is 23.8. The van der Waals surface area contributed by atoms with E-state index >= 15 is 0 Å². The highest BCUT2D eigenvalue weighted by molar-refractivity contribution is 6.30. The Balaban J connectivity index is 1.79. The second-order valence-electron chi connectivity index (χ2n) is 5.72. The molecule has 0 atom stereocenters. The fraction of sp³-hybridized carbons (Fsp3) is 0.0455. The first-order valence-electron chi connectivity index (χ1n) is 8.09. The average Bonchev–Trinajstić information content (AvgIpc) is 2.66. The molecule has 0 unspecified atom stereocenters. The molecule has 1 N–H and O–H groups in total. The molecule has 4 heteroatoms. The molecule has 0 radical (unpaired) electrons. The third-order valence-electron chi connectivity index (χ3n) is 3.80. The Kier molecular flexibility index (Phi) is 5.72. The van der Waals surface area contributed by atoms with Gasteiger partial charge in [0, 0.05) is 5.02 Å². The predicted octanol–water partition coefficient (Wildman–Crippen LogP) is 5.54. The van der Waals surface area contributed by atoms with Crippen LogP contribution in [0.15, 0.2) is 78.9 Å². The first-order valence-corrected chi connectivity index (χ1v) is 8.47. The quantitative estimate of drug-likeness (QED) is 0.461. The summed E-state index contributed by atoms with van der Waals surface area (Å²) in [5.74, 6) is -0.296. The zero-order chi connectivity index (χ0) is 18.4. The van der Waals surface area contributed by atoms with Gasteiger partial charge in [0.1, 0.15) is 12.4 Å². The molecule has 0 heterocycles. The van der Waals surface area contributed by atoms with Crippen molar-refractivity contribution in [2.45, 2.75) is 6.61 Å². The molecule has 0 saturated heterocycles. The van der Waals surface area contributed by atoms with E-state index in [1.54, 1.807) is 18.2 Å². The second kappa shape index (κ2) is 8.37. The maximum Gasteiger partial charge on any atom is 0.336 e. The number of carboxylic acid groups (broad SMARTS) is 1. The fourth-order valence-corrected chi connectivity index (χ4v) is 2.62. The summed E-state index contributed by atoms with van der Waals surface area (Å²) in [5, 5.41) is 10.2. The molecule has 3 aromatic rings. The Morgan fingerprint density at radius 3 is 2.38 bits per heavy atom. The highest BCUT2D eigenvalue weighted by Gasteiger charge is 2.10. The summed E-state index contributed by atoms with van der Waals surface area (Å²) in [6.07, 6.45) is 1.65. The lowest BCUT2D eigenvalue weighted by Gasteiger charge is -2.08. The Labute approximate surface area is 157 Å². The maximum absolute atomic E-state index is 11.6. The zero-order valence-corrected chi connectivity index (χ0v) is 14.7. The third kappa shape index (κ3) is 4.74. The summed E-state index contributed by atoms with van der Waals surface area (Å²) >= 11 is 5.88. The summed E-state index contributed by atoms with van der Waals surface area (Å²) in [7, 11) is 0. The molecular formula is C22H17ClO3. The molecule has 0 aliphatic heterocycles. The van der Waals surface area contributed by atoms with Gasteiger partial charge in [-0.3, -0.25) is 0 Å². The monoisotopic (exact) mass is 364 g/mol. The number of aliphatic carboxylic acids is 1. The number of rotatable bonds is 6. The van der Waals surface area contributed by atoms with Gasteiger partial charge >= 0.3 is 5.97 Å². The Bertz CT molecular complexity index is 916. The SMILES string of the molecule is O=C(O)/C(=C\c1cccc(OCc2ccc(Cl)cc2)c1)c1ccccc1. The molecule has 0 fully saturated rings. The number of benzene rings is 3. The minimum atomic E-state index is -0.969. The van der Waals surface area contributed by atoms with Crippen molar-refractivity contribution < 1.29 is 14.6 Å². The number of carbonyl (C=O) groups is 1. The van der Waals surface area contributed by atoms with Gasteiger partial charge in [0.2, 0.25) is 0 Å². The van der Waals surface area contributed by atoms with Crippen LogP contribution < -0.4 is 4.74 Å². The summed E-state index contributed by atoms with van der Waals surface area (Å²) < 4.78 is 5.80. The van der Waals surface area contributed by atoms with Gasteiger partial charge < -0.3 is 9.84 Å². The van der Waals surface area contributed by atoms with E-state index < -0.39 is 5.97 Å². The normalized spacial score (nSPS) is 11.2. The van der Waals surface area contributed by atoms with Crippen LogP contribution in [-0.4, -0.2) is 11.1 Å². The van der Waals surface area contributed by atoms with Crippen LogP contribution in [0, 0.1) is 0 Å². The lowest BCUT2D eigenvalue weighted by atomic mass is 10.0. The van der Waals surface area contributed by atoms with Gasteiger partial charge in [-0.2, -0.15) is 0 Å². The Hall–Kier alpha value is -3.04. The van der Waals surface area contributed by atoms with Crippen LogP contribution in [0.4, 0.5) is 0 Å². The standard InChI is InChI=1S/C22H17ClO3/c23-19-11-9-16(10-12-19)15-26-20-8-4-5-17(13-20)14-21(22(24)25)18-6-2-1-3-7-18/h1-14H,15H2,(H,24,25)/b21-14-. The molecule has 0 spiro atoms. The average molecular weight is 365 g/mol. The number of carboxylic acids is 1. The number of halogens is 1. The molecule has 3 aromatic carbocycles. The molecule has 0 aliphatic rings. The minimum Gasteiger partial charge on any atom is -0.489 e. The first kappa shape index (κ1) is 17.8. The van der Waals surface area contributed by atoms with Crippen molar-refractivity contribution in [3.63, 3.8) is 0 Å². The highest BCUT2D eigenvalue weighted by atomic mass is 35.5. The van der Waals surface area contributed by atoms with E-state index in [0.717, 1.165) is 11.1 Å². The van der Waals surface area contributed by atoms with Gasteiger partial charge in [0.15, 0.2) is 0 Å². The lowest BCUT2D eigenvalue weighted by Crippen LogP contribution is -1.99. The van der Waals surface area contributed by atoms with E-state index in [0.29, 0.717) is 22.9 Å².